The van der Waals surface area contributed by atoms with Crippen molar-refractivity contribution >= 4 is 27.7 Å². The van der Waals surface area contributed by atoms with E-state index in [-0.39, 0.29) is 5.91 Å². The van der Waals surface area contributed by atoms with E-state index in [1.165, 1.54) is 0 Å². The minimum absolute atomic E-state index is 0.0218. The molecular formula is C8H12BrN3O. The highest BCUT2D eigenvalue weighted by Crippen LogP contribution is 2.13. The fourth-order valence-electron chi connectivity index (χ4n) is 0.887. The Morgan fingerprint density at radius 3 is 2.77 bits per heavy atom. The Kier molecular flexibility index (Phi) is 3.48. The smallest absolute Gasteiger partial charge is 0.226 e. The Morgan fingerprint density at radius 2 is 2.31 bits per heavy atom. The molecule has 0 aliphatic rings. The molecule has 4 nitrogen and oxygen atoms in total. The number of anilines is 1. The molecule has 0 bridgehead atoms. The summed E-state index contributed by atoms with van der Waals surface area (Å²) >= 11 is 3.20. The number of halogens is 1. The zero-order valence-corrected chi connectivity index (χ0v) is 9.23. The van der Waals surface area contributed by atoms with Crippen LogP contribution in [-0.4, -0.2) is 21.4 Å². The Bertz CT molecular complexity index is 308. The summed E-state index contributed by atoms with van der Waals surface area (Å²) in [6, 6.07) is 0. The van der Waals surface area contributed by atoms with Crippen LogP contribution in [0.4, 0.5) is 5.82 Å². The Labute approximate surface area is 85.2 Å². The van der Waals surface area contributed by atoms with Crippen molar-refractivity contribution in [2.45, 2.75) is 20.3 Å². The normalized spacial score (nSPS) is 10.1. The van der Waals surface area contributed by atoms with Gasteiger partial charge in [-0.05, 0) is 13.8 Å². The SMILES string of the molecule is Cc1[nH]nc(NC(=O)CCBr)c1C. The molecule has 5 heteroatoms. The number of carbonyl (C=O) groups excluding carboxylic acids is 1. The molecular weight excluding hydrogens is 234 g/mol. The van der Waals surface area contributed by atoms with Crippen LogP contribution in [-0.2, 0) is 4.79 Å². The van der Waals surface area contributed by atoms with Crippen molar-refractivity contribution in [1.29, 1.82) is 0 Å². The summed E-state index contributed by atoms with van der Waals surface area (Å²) in [7, 11) is 0. The zero-order chi connectivity index (χ0) is 9.84. The molecule has 0 aliphatic heterocycles. The van der Waals surface area contributed by atoms with Crippen LogP contribution in [0.15, 0.2) is 0 Å². The van der Waals surface area contributed by atoms with Gasteiger partial charge in [-0.1, -0.05) is 15.9 Å². The summed E-state index contributed by atoms with van der Waals surface area (Å²) in [6.45, 7) is 3.84. The van der Waals surface area contributed by atoms with E-state index in [1.807, 2.05) is 13.8 Å². The summed E-state index contributed by atoms with van der Waals surface area (Å²) in [5, 5.41) is 10.2. The fourth-order valence-corrected chi connectivity index (χ4v) is 1.25. The number of aromatic amines is 1. The van der Waals surface area contributed by atoms with Gasteiger partial charge >= 0.3 is 0 Å². The van der Waals surface area contributed by atoms with Crippen molar-refractivity contribution in [3.8, 4) is 0 Å². The molecule has 72 valence electrons. The fraction of sp³-hybridized carbons (Fsp3) is 0.500. The Balaban J connectivity index is 2.64. The molecule has 1 amide bonds. The molecule has 0 radical (unpaired) electrons. The highest BCUT2D eigenvalue weighted by molar-refractivity contribution is 9.09. The lowest BCUT2D eigenvalue weighted by Gasteiger charge is -2.00. The van der Waals surface area contributed by atoms with Crippen molar-refractivity contribution < 1.29 is 4.79 Å². The largest absolute Gasteiger partial charge is 0.309 e. The van der Waals surface area contributed by atoms with Gasteiger partial charge in [-0.3, -0.25) is 9.89 Å². The average Bonchev–Trinajstić information content (AvgIpc) is 2.37. The third-order valence-corrected chi connectivity index (χ3v) is 2.23. The molecule has 0 atom stereocenters. The predicted octanol–water partition coefficient (Wildman–Crippen LogP) is 1.75. The maximum Gasteiger partial charge on any atom is 0.226 e. The lowest BCUT2D eigenvalue weighted by molar-refractivity contribution is -0.115. The molecule has 13 heavy (non-hydrogen) atoms. The first-order valence-corrected chi connectivity index (χ1v) is 5.14. The highest BCUT2D eigenvalue weighted by Gasteiger charge is 2.08. The van der Waals surface area contributed by atoms with Gasteiger partial charge in [-0.25, -0.2) is 0 Å². The summed E-state index contributed by atoms with van der Waals surface area (Å²) in [5.41, 5.74) is 1.97. The first-order valence-electron chi connectivity index (χ1n) is 4.02. The topological polar surface area (TPSA) is 57.8 Å². The number of hydrogen-bond acceptors (Lipinski definition) is 2. The van der Waals surface area contributed by atoms with E-state index in [0.717, 1.165) is 11.3 Å². The van der Waals surface area contributed by atoms with Crippen LogP contribution < -0.4 is 5.32 Å². The molecule has 0 saturated carbocycles. The quantitative estimate of drug-likeness (QED) is 0.798. The number of amides is 1. The van der Waals surface area contributed by atoms with Gasteiger partial charge in [0.25, 0.3) is 0 Å². The van der Waals surface area contributed by atoms with Crippen LogP contribution in [0, 0.1) is 13.8 Å². The van der Waals surface area contributed by atoms with Gasteiger partial charge in [0, 0.05) is 23.0 Å². The highest BCUT2D eigenvalue weighted by atomic mass is 79.9. The van der Waals surface area contributed by atoms with Crippen molar-refractivity contribution in [2.24, 2.45) is 0 Å². The van der Waals surface area contributed by atoms with Gasteiger partial charge in [-0.15, -0.1) is 0 Å². The summed E-state index contributed by atoms with van der Waals surface area (Å²) < 4.78 is 0. The number of hydrogen-bond donors (Lipinski definition) is 2. The first-order chi connectivity index (χ1) is 6.15. The Morgan fingerprint density at radius 1 is 1.62 bits per heavy atom. The maximum atomic E-state index is 11.2. The standard InChI is InChI=1S/C8H12BrN3O/c1-5-6(2)11-12-8(5)10-7(13)3-4-9/h3-4H2,1-2H3,(H2,10,11,12,13). The lowest BCUT2D eigenvalue weighted by Crippen LogP contribution is -2.12. The number of rotatable bonds is 3. The van der Waals surface area contributed by atoms with E-state index in [4.69, 9.17) is 0 Å². The van der Waals surface area contributed by atoms with E-state index < -0.39 is 0 Å². The van der Waals surface area contributed by atoms with E-state index in [1.54, 1.807) is 0 Å². The van der Waals surface area contributed by atoms with Crippen LogP contribution >= 0.6 is 15.9 Å². The van der Waals surface area contributed by atoms with Gasteiger partial charge in [0.1, 0.15) is 0 Å². The van der Waals surface area contributed by atoms with Crippen molar-refractivity contribution in [3.63, 3.8) is 0 Å². The molecule has 1 rings (SSSR count). The van der Waals surface area contributed by atoms with Crippen molar-refractivity contribution in [2.75, 3.05) is 10.6 Å². The van der Waals surface area contributed by atoms with Crippen LogP contribution in [0.3, 0.4) is 0 Å². The number of nitrogens with zero attached hydrogens (tertiary/aromatic N) is 1. The van der Waals surface area contributed by atoms with E-state index in [9.17, 15) is 4.79 Å². The van der Waals surface area contributed by atoms with Gasteiger partial charge < -0.3 is 5.32 Å². The Hall–Kier alpha value is -0.840. The van der Waals surface area contributed by atoms with E-state index in [2.05, 4.69) is 31.4 Å². The van der Waals surface area contributed by atoms with Gasteiger partial charge in [0.2, 0.25) is 5.91 Å². The second-order valence-corrected chi connectivity index (χ2v) is 3.60. The second kappa shape index (κ2) is 4.41. The van der Waals surface area contributed by atoms with Crippen molar-refractivity contribution in [1.82, 2.24) is 10.2 Å². The number of aromatic nitrogens is 2. The third-order valence-electron chi connectivity index (χ3n) is 1.83. The van der Waals surface area contributed by atoms with Gasteiger partial charge in [0.15, 0.2) is 5.82 Å². The molecule has 1 aromatic heterocycles. The molecule has 0 fully saturated rings. The van der Waals surface area contributed by atoms with Crippen molar-refractivity contribution in [3.05, 3.63) is 11.3 Å². The van der Waals surface area contributed by atoms with Crippen LogP contribution in [0.5, 0.6) is 0 Å². The summed E-state index contributed by atoms with van der Waals surface area (Å²) in [5.74, 6) is 0.606. The zero-order valence-electron chi connectivity index (χ0n) is 7.65. The van der Waals surface area contributed by atoms with E-state index in [0.29, 0.717) is 17.6 Å². The molecule has 0 saturated heterocycles. The molecule has 0 aliphatic carbocycles. The molecule has 0 aromatic carbocycles. The number of alkyl halides is 1. The molecule has 0 spiro atoms. The monoisotopic (exact) mass is 245 g/mol. The number of H-pyrrole nitrogens is 1. The second-order valence-electron chi connectivity index (χ2n) is 2.81. The minimum atomic E-state index is -0.0218. The van der Waals surface area contributed by atoms with Crippen LogP contribution in [0.25, 0.3) is 0 Å². The third kappa shape index (κ3) is 2.55. The van der Waals surface area contributed by atoms with Gasteiger partial charge in [-0.2, -0.15) is 5.10 Å². The van der Waals surface area contributed by atoms with Gasteiger partial charge in [0.05, 0.1) is 0 Å². The molecule has 2 N–H and O–H groups in total. The molecule has 1 heterocycles. The number of aryl methyl sites for hydroxylation is 1. The molecule has 0 unspecified atom stereocenters. The predicted molar refractivity (Wildman–Crippen MR) is 55.1 cm³/mol. The van der Waals surface area contributed by atoms with E-state index >= 15 is 0 Å². The average molecular weight is 246 g/mol. The number of carbonyl (C=O) groups is 1. The molecule has 1 aromatic rings. The number of nitrogens with one attached hydrogen (secondary N) is 2. The lowest BCUT2D eigenvalue weighted by atomic mass is 10.3. The summed E-state index contributed by atoms with van der Waals surface area (Å²) in [6.07, 6.45) is 0.464. The maximum absolute atomic E-state index is 11.2. The summed E-state index contributed by atoms with van der Waals surface area (Å²) in [4.78, 5) is 11.2. The van der Waals surface area contributed by atoms with Crippen LogP contribution in [0.1, 0.15) is 17.7 Å². The first kappa shape index (κ1) is 10.2. The minimum Gasteiger partial charge on any atom is -0.309 e. The van der Waals surface area contributed by atoms with Crippen LogP contribution in [0.2, 0.25) is 0 Å².